The second-order valence-corrected chi connectivity index (χ2v) is 7.71. The molecule has 1 atom stereocenters. The molecule has 0 saturated heterocycles. The number of nitrogens with zero attached hydrogens (tertiary/aromatic N) is 2. The zero-order valence-electron chi connectivity index (χ0n) is 17.6. The number of hydrogen-bond donors (Lipinski definition) is 0. The van der Waals surface area contributed by atoms with Crippen LogP contribution in [0.15, 0.2) is 59.8 Å². The highest BCUT2D eigenvalue weighted by molar-refractivity contribution is 5.61. The van der Waals surface area contributed by atoms with Crippen molar-refractivity contribution in [2.24, 2.45) is 0 Å². The summed E-state index contributed by atoms with van der Waals surface area (Å²) in [4.78, 5) is 5.14. The lowest BCUT2D eigenvalue weighted by Crippen LogP contribution is -2.50. The number of allylic oxidation sites excluding steroid dienone is 1. The first-order valence-electron chi connectivity index (χ1n) is 10.5. The lowest BCUT2D eigenvalue weighted by atomic mass is 9.92. The molecule has 0 fully saturated rings. The maximum atomic E-state index is 2.60. The third-order valence-corrected chi connectivity index (χ3v) is 5.72. The van der Waals surface area contributed by atoms with Crippen LogP contribution in [-0.4, -0.2) is 12.7 Å². The van der Waals surface area contributed by atoms with E-state index in [2.05, 4.69) is 92.9 Å². The van der Waals surface area contributed by atoms with Crippen LogP contribution in [-0.2, 0) is 0 Å². The smallest absolute Gasteiger partial charge is 0.0954 e. The molecule has 0 saturated carbocycles. The molecule has 0 bridgehead atoms. The maximum absolute atomic E-state index is 2.60. The summed E-state index contributed by atoms with van der Waals surface area (Å²) in [6, 6.07) is 18.5. The molecule has 1 unspecified atom stereocenters. The Morgan fingerprint density at radius 1 is 0.815 bits per heavy atom. The van der Waals surface area contributed by atoms with Crippen LogP contribution in [0.2, 0.25) is 0 Å². The molecule has 144 valence electrons. The Labute approximate surface area is 165 Å². The lowest BCUT2D eigenvalue weighted by molar-refractivity contribution is 0.561. The second-order valence-electron chi connectivity index (χ2n) is 7.71. The van der Waals surface area contributed by atoms with Gasteiger partial charge in [-0.1, -0.05) is 62.6 Å². The van der Waals surface area contributed by atoms with Gasteiger partial charge in [-0.2, -0.15) is 0 Å². The molecule has 1 aliphatic heterocycles. The Morgan fingerprint density at radius 3 is 1.85 bits per heavy atom. The van der Waals surface area contributed by atoms with E-state index in [1.165, 1.54) is 41.0 Å². The van der Waals surface area contributed by atoms with Gasteiger partial charge in [0.2, 0.25) is 0 Å². The van der Waals surface area contributed by atoms with Crippen LogP contribution in [0.4, 0.5) is 11.4 Å². The lowest BCUT2D eigenvalue weighted by Gasteiger charge is -2.46. The average Bonchev–Trinajstić information content (AvgIpc) is 2.68. The van der Waals surface area contributed by atoms with Gasteiger partial charge in [0.1, 0.15) is 0 Å². The van der Waals surface area contributed by atoms with Gasteiger partial charge in [0.25, 0.3) is 0 Å². The molecule has 2 heteroatoms. The van der Waals surface area contributed by atoms with E-state index in [1.807, 2.05) is 0 Å². The Kier molecular flexibility index (Phi) is 6.26. The Balaban J connectivity index is 2.09. The predicted molar refractivity (Wildman–Crippen MR) is 118 cm³/mol. The monoisotopic (exact) mass is 362 g/mol. The first-order chi connectivity index (χ1) is 13.1. The Hall–Kier alpha value is -2.22. The van der Waals surface area contributed by atoms with E-state index in [0.29, 0.717) is 6.04 Å². The number of aryl methyl sites for hydroxylation is 2. The summed E-state index contributed by atoms with van der Waals surface area (Å²) in [6.07, 6.45) is 4.60. The summed E-state index contributed by atoms with van der Waals surface area (Å²) in [6.45, 7) is 12.2. The summed E-state index contributed by atoms with van der Waals surface area (Å²) in [5, 5.41) is 0. The number of hydrogen-bond acceptors (Lipinski definition) is 2. The van der Waals surface area contributed by atoms with Crippen molar-refractivity contribution in [2.75, 3.05) is 16.5 Å². The molecular formula is C25H34N2. The topological polar surface area (TPSA) is 6.48 Å². The average molecular weight is 363 g/mol. The first kappa shape index (κ1) is 19.5. The van der Waals surface area contributed by atoms with Crippen LogP contribution in [0.3, 0.4) is 0 Å². The Bertz CT molecular complexity index is 771. The summed E-state index contributed by atoms with van der Waals surface area (Å²) >= 11 is 0. The van der Waals surface area contributed by atoms with Crippen LogP contribution in [0.5, 0.6) is 0 Å². The van der Waals surface area contributed by atoms with E-state index in [0.717, 1.165) is 19.5 Å². The first-order valence-corrected chi connectivity index (χ1v) is 10.5. The fourth-order valence-electron chi connectivity index (χ4n) is 4.32. The molecular weight excluding hydrogens is 328 g/mol. The molecule has 27 heavy (non-hydrogen) atoms. The van der Waals surface area contributed by atoms with Gasteiger partial charge in [-0.3, -0.25) is 0 Å². The molecule has 2 aromatic rings. The predicted octanol–water partition coefficient (Wildman–Crippen LogP) is 6.83. The largest absolute Gasteiger partial charge is 0.347 e. The van der Waals surface area contributed by atoms with Crippen LogP contribution < -0.4 is 9.80 Å². The van der Waals surface area contributed by atoms with E-state index in [4.69, 9.17) is 0 Å². The van der Waals surface area contributed by atoms with Crippen molar-refractivity contribution in [3.8, 4) is 0 Å². The van der Waals surface area contributed by atoms with Crippen molar-refractivity contribution in [3.05, 3.63) is 70.9 Å². The van der Waals surface area contributed by atoms with Gasteiger partial charge in [0.05, 0.1) is 12.7 Å². The summed E-state index contributed by atoms with van der Waals surface area (Å²) in [5.74, 6) is 0. The summed E-state index contributed by atoms with van der Waals surface area (Å²) < 4.78 is 0. The molecule has 0 N–H and O–H groups in total. The molecule has 0 amide bonds. The van der Waals surface area contributed by atoms with Crippen molar-refractivity contribution in [1.29, 1.82) is 0 Å². The quantitative estimate of drug-likeness (QED) is 0.555. The number of rotatable bonds is 6. The molecule has 0 radical (unpaired) electrons. The van der Waals surface area contributed by atoms with Crippen molar-refractivity contribution in [1.82, 2.24) is 0 Å². The highest BCUT2D eigenvalue weighted by Gasteiger charge is 2.32. The van der Waals surface area contributed by atoms with Crippen LogP contribution >= 0.6 is 0 Å². The molecule has 0 spiro atoms. The van der Waals surface area contributed by atoms with Gasteiger partial charge in [-0.15, -0.1) is 0 Å². The normalized spacial score (nSPS) is 17.6. The van der Waals surface area contributed by atoms with Crippen molar-refractivity contribution in [2.45, 2.75) is 66.3 Å². The zero-order chi connectivity index (χ0) is 19.4. The SMILES string of the molecule is CCCC1=C(CC)N(c2ccc(C)cc2)CN(c2ccc(C)cc2)C1CC. The van der Waals surface area contributed by atoms with Crippen LogP contribution in [0.25, 0.3) is 0 Å². The minimum absolute atomic E-state index is 0.490. The van der Waals surface area contributed by atoms with Gasteiger partial charge in [0, 0.05) is 17.1 Å². The number of anilines is 2. The van der Waals surface area contributed by atoms with E-state index in [1.54, 1.807) is 5.57 Å². The second kappa shape index (κ2) is 8.65. The number of benzene rings is 2. The van der Waals surface area contributed by atoms with E-state index >= 15 is 0 Å². The van der Waals surface area contributed by atoms with Crippen molar-refractivity contribution >= 4 is 11.4 Å². The fourth-order valence-corrected chi connectivity index (χ4v) is 4.32. The highest BCUT2D eigenvalue weighted by Crippen LogP contribution is 2.37. The molecule has 1 heterocycles. The van der Waals surface area contributed by atoms with Crippen molar-refractivity contribution in [3.63, 3.8) is 0 Å². The third kappa shape index (κ3) is 4.05. The molecule has 3 rings (SSSR count). The maximum Gasteiger partial charge on any atom is 0.0954 e. The molecule has 2 aromatic carbocycles. The van der Waals surface area contributed by atoms with E-state index in [-0.39, 0.29) is 0 Å². The van der Waals surface area contributed by atoms with Crippen molar-refractivity contribution < 1.29 is 0 Å². The van der Waals surface area contributed by atoms with Gasteiger partial charge < -0.3 is 9.80 Å². The van der Waals surface area contributed by atoms with Gasteiger partial charge >= 0.3 is 0 Å². The van der Waals surface area contributed by atoms with E-state index < -0.39 is 0 Å². The standard InChI is InChI=1S/C25H34N2/c1-6-9-23-24(7-2)26(21-14-10-19(4)11-15-21)18-27(25(23)8-3)22-16-12-20(5)13-17-22/h10-17,24H,6-9,18H2,1-5H3. The van der Waals surface area contributed by atoms with Gasteiger partial charge in [-0.05, 0) is 62.9 Å². The molecule has 0 aromatic heterocycles. The van der Waals surface area contributed by atoms with Crippen LogP contribution in [0, 0.1) is 13.8 Å². The molecule has 0 aliphatic carbocycles. The highest BCUT2D eigenvalue weighted by atomic mass is 15.4. The zero-order valence-corrected chi connectivity index (χ0v) is 17.6. The minimum atomic E-state index is 0.490. The van der Waals surface area contributed by atoms with Gasteiger partial charge in [-0.25, -0.2) is 0 Å². The molecule has 1 aliphatic rings. The van der Waals surface area contributed by atoms with Crippen LogP contribution in [0.1, 0.15) is 57.6 Å². The summed E-state index contributed by atoms with van der Waals surface area (Å²) in [7, 11) is 0. The summed E-state index contributed by atoms with van der Waals surface area (Å²) in [5.41, 5.74) is 8.41. The molecule has 2 nitrogen and oxygen atoms in total. The third-order valence-electron chi connectivity index (χ3n) is 5.72. The Morgan fingerprint density at radius 2 is 1.37 bits per heavy atom. The van der Waals surface area contributed by atoms with Gasteiger partial charge in [0.15, 0.2) is 0 Å². The minimum Gasteiger partial charge on any atom is -0.347 e. The van der Waals surface area contributed by atoms with E-state index in [9.17, 15) is 0 Å². The fraction of sp³-hybridized carbons (Fsp3) is 0.440.